The van der Waals surface area contributed by atoms with Crippen molar-refractivity contribution in [3.63, 3.8) is 0 Å². The summed E-state index contributed by atoms with van der Waals surface area (Å²) in [5, 5.41) is 9.89. The number of likely N-dealkylation sites (tertiary alicyclic amines) is 1. The fourth-order valence-corrected chi connectivity index (χ4v) is 3.05. The van der Waals surface area contributed by atoms with Crippen molar-refractivity contribution >= 4 is 17.6 Å². The van der Waals surface area contributed by atoms with Crippen molar-refractivity contribution in [3.8, 4) is 0 Å². The zero-order chi connectivity index (χ0) is 14.0. The molecule has 0 aromatic heterocycles. The van der Waals surface area contributed by atoms with Crippen molar-refractivity contribution in [2.24, 2.45) is 5.92 Å². The lowest BCUT2D eigenvalue weighted by molar-refractivity contribution is -0.144. The fourth-order valence-electron chi connectivity index (χ4n) is 2.74. The number of hydrogen-bond acceptors (Lipinski definition) is 2. The van der Waals surface area contributed by atoms with Crippen LogP contribution in [0.1, 0.15) is 30.9 Å². The van der Waals surface area contributed by atoms with Gasteiger partial charge in [0.05, 0.1) is 5.92 Å². The molecule has 2 rings (SSSR count). The predicted molar refractivity (Wildman–Crippen MR) is 76.4 cm³/mol. The van der Waals surface area contributed by atoms with Gasteiger partial charge in [-0.15, -0.1) is 0 Å². The first kappa shape index (κ1) is 14.4. The van der Waals surface area contributed by atoms with Gasteiger partial charge < -0.3 is 5.11 Å². The summed E-state index contributed by atoms with van der Waals surface area (Å²) in [5.74, 6) is -0.921. The summed E-state index contributed by atoms with van der Waals surface area (Å²) in [7, 11) is 0. The third kappa shape index (κ3) is 3.71. The first-order valence-corrected chi connectivity index (χ1v) is 7.06. The Morgan fingerprint density at radius 2 is 2.16 bits per heavy atom. The van der Waals surface area contributed by atoms with E-state index in [9.17, 15) is 4.79 Å². The molecule has 104 valence electrons. The van der Waals surface area contributed by atoms with Crippen LogP contribution in [-0.2, 0) is 11.3 Å². The lowest BCUT2D eigenvalue weighted by atomic mass is 9.93. The van der Waals surface area contributed by atoms with E-state index in [1.165, 1.54) is 0 Å². The number of hydrogen-bond donors (Lipinski definition) is 1. The van der Waals surface area contributed by atoms with E-state index in [0.29, 0.717) is 12.6 Å². The lowest BCUT2D eigenvalue weighted by Crippen LogP contribution is -2.43. The number of carboxylic acid groups (broad SMARTS) is 1. The SMILES string of the molecule is Cc1cc(Cl)cc(CN2CC(C(=O)O)CCC2C)c1. The van der Waals surface area contributed by atoms with E-state index in [4.69, 9.17) is 16.7 Å². The highest BCUT2D eigenvalue weighted by Crippen LogP contribution is 2.25. The Bertz CT molecular complexity index is 455. The predicted octanol–water partition coefficient (Wildman–Crippen LogP) is 3.33. The molecule has 1 fully saturated rings. The van der Waals surface area contributed by atoms with Crippen molar-refractivity contribution < 1.29 is 9.90 Å². The van der Waals surface area contributed by atoms with Crippen LogP contribution in [0.3, 0.4) is 0 Å². The maximum absolute atomic E-state index is 11.1. The zero-order valence-corrected chi connectivity index (χ0v) is 12.2. The number of carbonyl (C=O) groups is 1. The number of nitrogens with zero attached hydrogens (tertiary/aromatic N) is 1. The molecule has 2 atom stereocenters. The van der Waals surface area contributed by atoms with Gasteiger partial charge in [-0.2, -0.15) is 0 Å². The van der Waals surface area contributed by atoms with Crippen LogP contribution in [0.15, 0.2) is 18.2 Å². The standard InChI is InChI=1S/C15H20ClNO2/c1-10-5-12(7-14(16)6-10)8-17-9-13(15(18)19)4-3-11(17)2/h5-7,11,13H,3-4,8-9H2,1-2H3,(H,18,19). The van der Waals surface area contributed by atoms with Gasteiger partial charge in [0, 0.05) is 24.2 Å². The minimum atomic E-state index is -0.681. The molecule has 1 aliphatic heterocycles. The van der Waals surface area contributed by atoms with Gasteiger partial charge in [0.2, 0.25) is 0 Å². The maximum Gasteiger partial charge on any atom is 0.307 e. The number of halogens is 1. The van der Waals surface area contributed by atoms with E-state index >= 15 is 0 Å². The molecular formula is C15H20ClNO2. The van der Waals surface area contributed by atoms with Gasteiger partial charge in [-0.1, -0.05) is 17.7 Å². The molecule has 1 aromatic carbocycles. The highest BCUT2D eigenvalue weighted by Gasteiger charge is 2.29. The van der Waals surface area contributed by atoms with Crippen molar-refractivity contribution in [1.29, 1.82) is 0 Å². The third-order valence-electron chi connectivity index (χ3n) is 3.85. The molecule has 3 nitrogen and oxygen atoms in total. The molecule has 0 saturated carbocycles. The largest absolute Gasteiger partial charge is 0.481 e. The molecule has 0 aliphatic carbocycles. The molecule has 2 unspecified atom stereocenters. The average molecular weight is 282 g/mol. The van der Waals surface area contributed by atoms with Gasteiger partial charge in [-0.25, -0.2) is 0 Å². The smallest absolute Gasteiger partial charge is 0.307 e. The second-order valence-corrected chi connectivity index (χ2v) is 5.96. The quantitative estimate of drug-likeness (QED) is 0.924. The maximum atomic E-state index is 11.1. The van der Waals surface area contributed by atoms with E-state index in [1.54, 1.807) is 0 Å². The van der Waals surface area contributed by atoms with Crippen LogP contribution in [0.5, 0.6) is 0 Å². The molecule has 4 heteroatoms. The molecule has 1 saturated heterocycles. The fraction of sp³-hybridized carbons (Fsp3) is 0.533. The van der Waals surface area contributed by atoms with E-state index in [0.717, 1.165) is 35.5 Å². The van der Waals surface area contributed by atoms with Crippen molar-refractivity contribution in [2.75, 3.05) is 6.54 Å². The van der Waals surface area contributed by atoms with Crippen molar-refractivity contribution in [3.05, 3.63) is 34.3 Å². The Morgan fingerprint density at radius 3 is 2.79 bits per heavy atom. The Morgan fingerprint density at radius 1 is 1.42 bits per heavy atom. The molecule has 0 radical (unpaired) electrons. The summed E-state index contributed by atoms with van der Waals surface area (Å²) in [4.78, 5) is 13.4. The highest BCUT2D eigenvalue weighted by molar-refractivity contribution is 6.30. The number of aliphatic carboxylic acids is 1. The first-order chi connectivity index (χ1) is 8.95. The molecule has 1 N–H and O–H groups in total. The van der Waals surface area contributed by atoms with Gasteiger partial charge in [0.25, 0.3) is 0 Å². The van der Waals surface area contributed by atoms with Crippen LogP contribution >= 0.6 is 11.6 Å². The Balaban J connectivity index is 2.09. The molecule has 1 heterocycles. The zero-order valence-electron chi connectivity index (χ0n) is 11.4. The molecule has 0 spiro atoms. The van der Waals surface area contributed by atoms with Crippen LogP contribution in [-0.4, -0.2) is 28.6 Å². The number of aryl methyl sites for hydroxylation is 1. The van der Waals surface area contributed by atoms with Crippen LogP contribution in [0.25, 0.3) is 0 Å². The van der Waals surface area contributed by atoms with Gasteiger partial charge in [-0.05, 0) is 49.9 Å². The summed E-state index contributed by atoms with van der Waals surface area (Å²) < 4.78 is 0. The average Bonchev–Trinajstić information content (AvgIpc) is 2.30. The Labute approximate surface area is 119 Å². The monoisotopic (exact) mass is 281 g/mol. The van der Waals surface area contributed by atoms with Gasteiger partial charge in [0.15, 0.2) is 0 Å². The van der Waals surface area contributed by atoms with Crippen LogP contribution < -0.4 is 0 Å². The highest BCUT2D eigenvalue weighted by atomic mass is 35.5. The second-order valence-electron chi connectivity index (χ2n) is 5.53. The summed E-state index contributed by atoms with van der Waals surface area (Å²) in [5.41, 5.74) is 2.30. The number of piperidine rings is 1. The Hall–Kier alpha value is -1.06. The summed E-state index contributed by atoms with van der Waals surface area (Å²) in [6, 6.07) is 6.44. The van der Waals surface area contributed by atoms with E-state index < -0.39 is 5.97 Å². The number of benzene rings is 1. The summed E-state index contributed by atoms with van der Waals surface area (Å²) in [6.45, 7) is 5.58. The summed E-state index contributed by atoms with van der Waals surface area (Å²) in [6.07, 6.45) is 1.72. The van der Waals surface area contributed by atoms with E-state index in [-0.39, 0.29) is 5.92 Å². The van der Waals surface area contributed by atoms with Gasteiger partial charge in [-0.3, -0.25) is 9.69 Å². The topological polar surface area (TPSA) is 40.5 Å². The Kier molecular flexibility index (Phi) is 4.48. The minimum Gasteiger partial charge on any atom is -0.481 e. The van der Waals surface area contributed by atoms with E-state index in [1.807, 2.05) is 19.1 Å². The molecule has 1 aliphatic rings. The van der Waals surface area contributed by atoms with Gasteiger partial charge >= 0.3 is 5.97 Å². The molecule has 0 amide bonds. The number of rotatable bonds is 3. The number of carboxylic acids is 1. The minimum absolute atomic E-state index is 0.239. The first-order valence-electron chi connectivity index (χ1n) is 6.68. The molecule has 19 heavy (non-hydrogen) atoms. The van der Waals surface area contributed by atoms with Crippen LogP contribution in [0.2, 0.25) is 5.02 Å². The third-order valence-corrected chi connectivity index (χ3v) is 4.07. The van der Waals surface area contributed by atoms with E-state index in [2.05, 4.69) is 17.9 Å². The molecule has 1 aromatic rings. The normalized spacial score (nSPS) is 24.4. The lowest BCUT2D eigenvalue weighted by Gasteiger charge is -2.36. The van der Waals surface area contributed by atoms with Crippen molar-refractivity contribution in [2.45, 2.75) is 39.3 Å². The summed E-state index contributed by atoms with van der Waals surface area (Å²) >= 11 is 6.07. The molecular weight excluding hydrogens is 262 g/mol. The van der Waals surface area contributed by atoms with Crippen LogP contribution in [0.4, 0.5) is 0 Å². The second kappa shape index (κ2) is 5.93. The van der Waals surface area contributed by atoms with Crippen molar-refractivity contribution in [1.82, 2.24) is 4.90 Å². The van der Waals surface area contributed by atoms with Gasteiger partial charge in [0.1, 0.15) is 0 Å². The van der Waals surface area contributed by atoms with Crippen LogP contribution in [0, 0.1) is 12.8 Å². The molecule has 0 bridgehead atoms.